The number of anilines is 2. The first-order valence-corrected chi connectivity index (χ1v) is 17.6. The van der Waals surface area contributed by atoms with Gasteiger partial charge in [0.15, 0.2) is 11.7 Å². The number of aromatic nitrogens is 2. The van der Waals surface area contributed by atoms with E-state index >= 15 is 0 Å². The Morgan fingerprint density at radius 1 is 0.904 bits per heavy atom. The Bertz CT molecular complexity index is 2040. The molecule has 3 aromatic carbocycles. The van der Waals surface area contributed by atoms with Crippen molar-refractivity contribution in [2.24, 2.45) is 0 Å². The molecule has 4 heterocycles. The number of oxazole rings is 1. The van der Waals surface area contributed by atoms with Crippen molar-refractivity contribution in [3.05, 3.63) is 93.2 Å². The topological polar surface area (TPSA) is 112 Å². The zero-order valence-electron chi connectivity index (χ0n) is 29.4. The van der Waals surface area contributed by atoms with Gasteiger partial charge in [-0.15, -0.1) is 0 Å². The van der Waals surface area contributed by atoms with Crippen molar-refractivity contribution in [1.82, 2.24) is 14.9 Å². The second kappa shape index (κ2) is 15.4. The fourth-order valence-corrected chi connectivity index (χ4v) is 7.34. The van der Waals surface area contributed by atoms with E-state index in [0.29, 0.717) is 102 Å². The predicted molar refractivity (Wildman–Crippen MR) is 198 cm³/mol. The number of hydrogen-bond acceptors (Lipinski definition) is 11. The van der Waals surface area contributed by atoms with Gasteiger partial charge in [0.05, 0.1) is 67.1 Å². The van der Waals surface area contributed by atoms with E-state index in [1.807, 2.05) is 47.4 Å². The first-order chi connectivity index (χ1) is 25.3. The standard InChI is InChI=1S/C38H39Cl2N5O7/c1-47-27-7-5-24(33(15-27)49-3)19-45(20-25-6-8-28(48-2)16-34(25)50-4)38-42-31-17-41-18-32(36(31)52-38)43-11-12-51-35(22-43)37(46)44-10-9-23-13-26(39)14-30(40)29(23)21-44/h5-8,13-18,35H,9-12,19-22H2,1-4H3. The Labute approximate surface area is 311 Å². The molecule has 7 rings (SSSR count). The number of nitrogens with zero attached hydrogens (tertiary/aromatic N) is 5. The smallest absolute Gasteiger partial charge is 0.299 e. The summed E-state index contributed by atoms with van der Waals surface area (Å²) < 4.78 is 35.0. The highest BCUT2D eigenvalue weighted by Crippen LogP contribution is 2.36. The molecule has 0 spiro atoms. The number of morpholine rings is 1. The van der Waals surface area contributed by atoms with Crippen LogP contribution in [0.3, 0.4) is 0 Å². The minimum Gasteiger partial charge on any atom is -0.497 e. The summed E-state index contributed by atoms with van der Waals surface area (Å²) in [6, 6.07) is 15.4. The van der Waals surface area contributed by atoms with Crippen LogP contribution in [0.4, 0.5) is 11.7 Å². The third-order valence-electron chi connectivity index (χ3n) is 9.50. The van der Waals surface area contributed by atoms with Gasteiger partial charge in [0.25, 0.3) is 11.9 Å². The molecular weight excluding hydrogens is 709 g/mol. The number of ether oxygens (including phenoxy) is 5. The number of rotatable bonds is 11. The number of halogens is 2. The van der Waals surface area contributed by atoms with Crippen molar-refractivity contribution in [2.75, 3.05) is 64.5 Å². The van der Waals surface area contributed by atoms with Crippen molar-refractivity contribution < 1.29 is 32.9 Å². The quantitative estimate of drug-likeness (QED) is 0.147. The summed E-state index contributed by atoms with van der Waals surface area (Å²) in [5.41, 5.74) is 5.65. The van der Waals surface area contributed by atoms with Gasteiger partial charge < -0.3 is 42.8 Å². The lowest BCUT2D eigenvalue weighted by Gasteiger charge is -2.37. The van der Waals surface area contributed by atoms with Crippen molar-refractivity contribution in [2.45, 2.75) is 32.2 Å². The average Bonchev–Trinajstić information content (AvgIpc) is 3.62. The highest BCUT2D eigenvalue weighted by molar-refractivity contribution is 6.35. The Morgan fingerprint density at radius 2 is 1.60 bits per heavy atom. The summed E-state index contributed by atoms with van der Waals surface area (Å²) in [6.07, 6.45) is 3.41. The van der Waals surface area contributed by atoms with Crippen LogP contribution in [0.5, 0.6) is 23.0 Å². The lowest BCUT2D eigenvalue weighted by Crippen LogP contribution is -2.52. The number of pyridine rings is 1. The molecule has 0 saturated carbocycles. The first-order valence-electron chi connectivity index (χ1n) is 16.8. The van der Waals surface area contributed by atoms with Gasteiger partial charge in [0.1, 0.15) is 34.2 Å². The molecule has 272 valence electrons. The number of amides is 1. The van der Waals surface area contributed by atoms with Gasteiger partial charge in [-0.2, -0.15) is 4.98 Å². The second-order valence-corrected chi connectivity index (χ2v) is 13.4. The summed E-state index contributed by atoms with van der Waals surface area (Å²) in [5.74, 6) is 2.60. The first kappa shape index (κ1) is 35.5. The van der Waals surface area contributed by atoms with Crippen LogP contribution in [0.15, 0.2) is 65.3 Å². The molecule has 1 atom stereocenters. The van der Waals surface area contributed by atoms with E-state index in [9.17, 15) is 4.79 Å². The Hall–Kier alpha value is -4.91. The number of benzene rings is 3. The monoisotopic (exact) mass is 747 g/mol. The summed E-state index contributed by atoms with van der Waals surface area (Å²) in [6.45, 7) is 2.96. The van der Waals surface area contributed by atoms with Crippen LogP contribution in [-0.4, -0.2) is 81.6 Å². The minimum atomic E-state index is -0.680. The number of methoxy groups -OCH3 is 4. The number of carbonyl (C=O) groups excluding carboxylic acids is 1. The fourth-order valence-electron chi connectivity index (χ4n) is 6.75. The highest BCUT2D eigenvalue weighted by Gasteiger charge is 2.34. The zero-order valence-corrected chi connectivity index (χ0v) is 30.9. The molecule has 2 aromatic heterocycles. The van der Waals surface area contributed by atoms with Gasteiger partial charge >= 0.3 is 0 Å². The van der Waals surface area contributed by atoms with Crippen LogP contribution in [0.2, 0.25) is 10.0 Å². The maximum absolute atomic E-state index is 13.8. The van der Waals surface area contributed by atoms with E-state index in [0.717, 1.165) is 27.9 Å². The van der Waals surface area contributed by atoms with E-state index in [-0.39, 0.29) is 5.91 Å². The molecule has 0 aliphatic carbocycles. The average molecular weight is 749 g/mol. The molecule has 1 amide bonds. The molecule has 0 bridgehead atoms. The van der Waals surface area contributed by atoms with Gasteiger partial charge in [-0.05, 0) is 53.9 Å². The largest absolute Gasteiger partial charge is 0.497 e. The Morgan fingerprint density at radius 3 is 2.25 bits per heavy atom. The molecule has 2 aliphatic heterocycles. The highest BCUT2D eigenvalue weighted by atomic mass is 35.5. The molecule has 1 saturated heterocycles. The Balaban J connectivity index is 1.18. The van der Waals surface area contributed by atoms with Crippen molar-refractivity contribution in [1.29, 1.82) is 0 Å². The minimum absolute atomic E-state index is 0.0900. The SMILES string of the molecule is COc1ccc(CN(Cc2ccc(OC)cc2OC)c2nc3cncc(N4CCOC(C(=O)N5CCc6cc(Cl)cc(Cl)c6C5)C4)c3o2)c(OC)c1. The fraction of sp³-hybridized carbons (Fsp3) is 0.342. The van der Waals surface area contributed by atoms with Crippen molar-refractivity contribution in [3.63, 3.8) is 0 Å². The molecule has 5 aromatic rings. The maximum atomic E-state index is 13.8. The van der Waals surface area contributed by atoms with Gasteiger partial charge in [-0.3, -0.25) is 9.78 Å². The zero-order chi connectivity index (χ0) is 36.4. The maximum Gasteiger partial charge on any atom is 0.299 e. The molecule has 52 heavy (non-hydrogen) atoms. The van der Waals surface area contributed by atoms with E-state index < -0.39 is 6.10 Å². The second-order valence-electron chi connectivity index (χ2n) is 12.6. The van der Waals surface area contributed by atoms with Crippen LogP contribution >= 0.6 is 23.2 Å². The van der Waals surface area contributed by atoms with E-state index in [1.165, 1.54) is 0 Å². The third-order valence-corrected chi connectivity index (χ3v) is 10.1. The molecule has 1 fully saturated rings. The van der Waals surface area contributed by atoms with Crippen LogP contribution in [-0.2, 0) is 35.6 Å². The van der Waals surface area contributed by atoms with E-state index in [2.05, 4.69) is 9.88 Å². The molecule has 0 radical (unpaired) electrons. The molecular formula is C38H39Cl2N5O7. The van der Waals surface area contributed by atoms with Crippen molar-refractivity contribution in [3.8, 4) is 23.0 Å². The summed E-state index contributed by atoms with van der Waals surface area (Å²) in [4.78, 5) is 29.1. The molecule has 0 N–H and O–H groups in total. The van der Waals surface area contributed by atoms with E-state index in [4.69, 9.17) is 56.3 Å². The molecule has 14 heteroatoms. The van der Waals surface area contributed by atoms with E-state index in [1.54, 1.807) is 51.8 Å². The third kappa shape index (κ3) is 7.23. The lowest BCUT2D eigenvalue weighted by molar-refractivity contribution is -0.145. The Kier molecular flexibility index (Phi) is 10.5. The van der Waals surface area contributed by atoms with Crippen LogP contribution < -0.4 is 28.7 Å². The van der Waals surface area contributed by atoms with Gasteiger partial charge in [0, 0.05) is 52.9 Å². The number of hydrogen-bond donors (Lipinski definition) is 0. The van der Waals surface area contributed by atoms with Crippen molar-refractivity contribution >= 4 is 51.9 Å². The lowest BCUT2D eigenvalue weighted by atomic mass is 9.99. The van der Waals surface area contributed by atoms with Gasteiger partial charge in [0.2, 0.25) is 0 Å². The normalized spacial score (nSPS) is 15.7. The molecule has 2 aliphatic rings. The van der Waals surface area contributed by atoms with Crippen LogP contribution in [0.25, 0.3) is 11.1 Å². The van der Waals surface area contributed by atoms with Gasteiger partial charge in [-0.25, -0.2) is 0 Å². The van der Waals surface area contributed by atoms with Crippen LogP contribution in [0, 0.1) is 0 Å². The van der Waals surface area contributed by atoms with Crippen LogP contribution in [0.1, 0.15) is 22.3 Å². The summed E-state index contributed by atoms with van der Waals surface area (Å²) >= 11 is 12.7. The number of fused-ring (bicyclic) bond motifs is 2. The predicted octanol–water partition coefficient (Wildman–Crippen LogP) is 6.56. The van der Waals surface area contributed by atoms with Gasteiger partial charge in [-0.1, -0.05) is 23.2 Å². The molecule has 12 nitrogen and oxygen atoms in total. The number of carbonyl (C=O) groups is 1. The molecule has 1 unspecified atom stereocenters. The summed E-state index contributed by atoms with van der Waals surface area (Å²) in [5, 5.41) is 1.16. The summed E-state index contributed by atoms with van der Waals surface area (Å²) in [7, 11) is 6.49.